The summed E-state index contributed by atoms with van der Waals surface area (Å²) in [7, 11) is 0. The van der Waals surface area contributed by atoms with Crippen LogP contribution >= 0.6 is 11.6 Å². The van der Waals surface area contributed by atoms with Crippen molar-refractivity contribution in [2.45, 2.75) is 0 Å². The number of benzene rings is 2. The van der Waals surface area contributed by atoms with Crippen molar-refractivity contribution in [1.29, 1.82) is 0 Å². The molecule has 22 heavy (non-hydrogen) atoms. The van der Waals surface area contributed by atoms with Crippen LogP contribution in [0, 0.1) is 0 Å². The van der Waals surface area contributed by atoms with Crippen LogP contribution in [-0.4, -0.2) is 37.1 Å². The Kier molecular flexibility index (Phi) is 4.49. The maximum Gasteiger partial charge on any atom is 0.321 e. The van der Waals surface area contributed by atoms with E-state index in [4.69, 9.17) is 11.6 Å². The Hall–Kier alpha value is -2.20. The lowest BCUT2D eigenvalue weighted by atomic mass is 10.2. The second-order valence-electron chi connectivity index (χ2n) is 5.25. The summed E-state index contributed by atoms with van der Waals surface area (Å²) in [6.45, 7) is 3.07. The normalized spacial score (nSPS) is 14.8. The van der Waals surface area contributed by atoms with Gasteiger partial charge in [-0.1, -0.05) is 29.8 Å². The van der Waals surface area contributed by atoms with Crippen molar-refractivity contribution >= 4 is 29.0 Å². The molecule has 1 aliphatic rings. The first-order valence-electron chi connectivity index (χ1n) is 7.34. The minimum atomic E-state index is -0.0399. The zero-order chi connectivity index (χ0) is 15.4. The molecule has 2 aromatic carbocycles. The maximum atomic E-state index is 12.2. The number of piperazine rings is 1. The van der Waals surface area contributed by atoms with Crippen molar-refractivity contribution in [2.24, 2.45) is 0 Å². The summed E-state index contributed by atoms with van der Waals surface area (Å²) in [5, 5.41) is 3.67. The van der Waals surface area contributed by atoms with E-state index in [1.807, 2.05) is 59.5 Å². The molecule has 3 rings (SSSR count). The van der Waals surface area contributed by atoms with E-state index in [2.05, 4.69) is 10.2 Å². The SMILES string of the molecule is O=C(Nc1ccccc1)N1CCN(c2ccc(Cl)cc2)CC1. The van der Waals surface area contributed by atoms with Crippen molar-refractivity contribution in [2.75, 3.05) is 36.4 Å². The van der Waals surface area contributed by atoms with Gasteiger partial charge in [0.1, 0.15) is 0 Å². The number of carbonyl (C=O) groups excluding carboxylic acids is 1. The second kappa shape index (κ2) is 6.71. The number of nitrogens with one attached hydrogen (secondary N) is 1. The molecule has 0 bridgehead atoms. The topological polar surface area (TPSA) is 35.6 Å². The summed E-state index contributed by atoms with van der Waals surface area (Å²) in [6.07, 6.45) is 0. The van der Waals surface area contributed by atoms with Crippen LogP contribution < -0.4 is 10.2 Å². The van der Waals surface area contributed by atoms with Crippen molar-refractivity contribution in [3.63, 3.8) is 0 Å². The standard InChI is InChI=1S/C17H18ClN3O/c18-14-6-8-16(9-7-14)20-10-12-21(13-11-20)17(22)19-15-4-2-1-3-5-15/h1-9H,10-13H2,(H,19,22). The summed E-state index contributed by atoms with van der Waals surface area (Å²) in [6, 6.07) is 17.3. The number of carbonyl (C=O) groups is 1. The van der Waals surface area contributed by atoms with E-state index >= 15 is 0 Å². The van der Waals surface area contributed by atoms with Crippen LogP contribution in [0.2, 0.25) is 5.02 Å². The van der Waals surface area contributed by atoms with Crippen LogP contribution in [0.3, 0.4) is 0 Å². The molecule has 0 aliphatic carbocycles. The number of hydrogen-bond acceptors (Lipinski definition) is 2. The van der Waals surface area contributed by atoms with Crippen molar-refractivity contribution in [3.8, 4) is 0 Å². The average Bonchev–Trinajstić information content (AvgIpc) is 2.57. The fraction of sp³-hybridized carbons (Fsp3) is 0.235. The van der Waals surface area contributed by atoms with Gasteiger partial charge in [0, 0.05) is 42.6 Å². The molecule has 1 fully saturated rings. The maximum absolute atomic E-state index is 12.2. The number of halogens is 1. The Morgan fingerprint density at radius 1 is 0.909 bits per heavy atom. The van der Waals surface area contributed by atoms with E-state index in [0.29, 0.717) is 13.1 Å². The lowest BCUT2D eigenvalue weighted by molar-refractivity contribution is 0.208. The molecule has 0 atom stereocenters. The molecule has 0 aromatic heterocycles. The first-order valence-corrected chi connectivity index (χ1v) is 7.72. The quantitative estimate of drug-likeness (QED) is 0.917. The fourth-order valence-electron chi connectivity index (χ4n) is 2.54. The predicted molar refractivity (Wildman–Crippen MR) is 90.7 cm³/mol. The van der Waals surface area contributed by atoms with Gasteiger partial charge in [-0.15, -0.1) is 0 Å². The molecule has 5 heteroatoms. The highest BCUT2D eigenvalue weighted by Crippen LogP contribution is 2.19. The Balaban J connectivity index is 1.55. The van der Waals surface area contributed by atoms with E-state index < -0.39 is 0 Å². The molecule has 0 unspecified atom stereocenters. The first-order chi connectivity index (χ1) is 10.7. The molecule has 1 N–H and O–H groups in total. The zero-order valence-corrected chi connectivity index (χ0v) is 13.0. The Morgan fingerprint density at radius 2 is 1.55 bits per heavy atom. The highest BCUT2D eigenvalue weighted by molar-refractivity contribution is 6.30. The summed E-state index contributed by atoms with van der Waals surface area (Å²) in [5.41, 5.74) is 1.97. The van der Waals surface area contributed by atoms with E-state index in [1.165, 1.54) is 0 Å². The number of amides is 2. The van der Waals surface area contributed by atoms with Crippen molar-refractivity contribution < 1.29 is 4.79 Å². The monoisotopic (exact) mass is 315 g/mol. The molecule has 2 amide bonds. The van der Waals surface area contributed by atoms with Crippen molar-refractivity contribution in [1.82, 2.24) is 4.90 Å². The molecule has 1 saturated heterocycles. The minimum absolute atomic E-state index is 0.0399. The van der Waals surface area contributed by atoms with E-state index in [1.54, 1.807) is 0 Å². The van der Waals surface area contributed by atoms with Crippen LogP contribution in [0.15, 0.2) is 54.6 Å². The highest BCUT2D eigenvalue weighted by atomic mass is 35.5. The molecule has 4 nitrogen and oxygen atoms in total. The summed E-state index contributed by atoms with van der Waals surface area (Å²) >= 11 is 5.91. The molecule has 0 spiro atoms. The molecule has 2 aromatic rings. The van der Waals surface area contributed by atoms with E-state index in [0.717, 1.165) is 29.5 Å². The van der Waals surface area contributed by atoms with Gasteiger partial charge >= 0.3 is 6.03 Å². The van der Waals surface area contributed by atoms with Crippen LogP contribution in [0.5, 0.6) is 0 Å². The fourth-order valence-corrected chi connectivity index (χ4v) is 2.67. The van der Waals surface area contributed by atoms with E-state index in [9.17, 15) is 4.79 Å². The lowest BCUT2D eigenvalue weighted by Gasteiger charge is -2.36. The van der Waals surface area contributed by atoms with Gasteiger partial charge in [-0.3, -0.25) is 0 Å². The smallest absolute Gasteiger partial charge is 0.321 e. The largest absolute Gasteiger partial charge is 0.368 e. The summed E-state index contributed by atoms with van der Waals surface area (Å²) in [5.74, 6) is 0. The lowest BCUT2D eigenvalue weighted by Crippen LogP contribution is -2.50. The van der Waals surface area contributed by atoms with Gasteiger partial charge in [-0.25, -0.2) is 4.79 Å². The third-order valence-electron chi connectivity index (χ3n) is 3.78. The van der Waals surface area contributed by atoms with Gasteiger partial charge in [-0.2, -0.15) is 0 Å². The molecular weight excluding hydrogens is 298 g/mol. The minimum Gasteiger partial charge on any atom is -0.368 e. The number of nitrogens with zero attached hydrogens (tertiary/aromatic N) is 2. The Bertz CT molecular complexity index is 622. The number of para-hydroxylation sites is 1. The number of hydrogen-bond donors (Lipinski definition) is 1. The number of rotatable bonds is 2. The Morgan fingerprint density at radius 3 is 2.18 bits per heavy atom. The molecular formula is C17H18ClN3O. The zero-order valence-electron chi connectivity index (χ0n) is 12.2. The number of urea groups is 1. The second-order valence-corrected chi connectivity index (χ2v) is 5.68. The first kappa shape index (κ1) is 14.7. The van der Waals surface area contributed by atoms with Crippen LogP contribution in [0.1, 0.15) is 0 Å². The van der Waals surface area contributed by atoms with E-state index in [-0.39, 0.29) is 6.03 Å². The van der Waals surface area contributed by atoms with Crippen LogP contribution in [-0.2, 0) is 0 Å². The van der Waals surface area contributed by atoms with Crippen molar-refractivity contribution in [3.05, 3.63) is 59.6 Å². The summed E-state index contributed by atoms with van der Waals surface area (Å²) < 4.78 is 0. The Labute approximate surface area is 135 Å². The molecule has 1 aliphatic heterocycles. The van der Waals surface area contributed by atoms with Gasteiger partial charge < -0.3 is 15.1 Å². The molecule has 1 heterocycles. The third kappa shape index (κ3) is 3.52. The number of anilines is 2. The highest BCUT2D eigenvalue weighted by Gasteiger charge is 2.21. The molecule has 114 valence electrons. The third-order valence-corrected chi connectivity index (χ3v) is 4.04. The molecule has 0 radical (unpaired) electrons. The average molecular weight is 316 g/mol. The predicted octanol–water partition coefficient (Wildman–Crippen LogP) is 3.69. The van der Waals surface area contributed by atoms with Crippen LogP contribution in [0.25, 0.3) is 0 Å². The molecule has 0 saturated carbocycles. The van der Waals surface area contributed by atoms with Crippen LogP contribution in [0.4, 0.5) is 16.2 Å². The van der Waals surface area contributed by atoms with Gasteiger partial charge in [0.15, 0.2) is 0 Å². The van der Waals surface area contributed by atoms with Gasteiger partial charge in [0.2, 0.25) is 0 Å². The summed E-state index contributed by atoms with van der Waals surface area (Å²) in [4.78, 5) is 16.3. The van der Waals surface area contributed by atoms with Gasteiger partial charge in [0.25, 0.3) is 0 Å². The van der Waals surface area contributed by atoms with Gasteiger partial charge in [-0.05, 0) is 36.4 Å². The van der Waals surface area contributed by atoms with Gasteiger partial charge in [0.05, 0.1) is 0 Å².